The number of aromatic nitrogens is 2. The number of hydrogen-bond acceptors (Lipinski definition) is 7. The van der Waals surface area contributed by atoms with Crippen LogP contribution in [0.1, 0.15) is 16.1 Å². The molecule has 0 saturated carbocycles. The van der Waals surface area contributed by atoms with Crippen LogP contribution in [0.2, 0.25) is 0 Å². The average Bonchev–Trinajstić information content (AvgIpc) is 2.69. The number of amides is 1. The van der Waals surface area contributed by atoms with E-state index in [-0.39, 0.29) is 12.5 Å². The molecule has 1 aliphatic rings. The number of methoxy groups -OCH3 is 2. The Kier molecular flexibility index (Phi) is 5.98. The molecule has 0 bridgehead atoms. The van der Waals surface area contributed by atoms with Crippen molar-refractivity contribution in [2.24, 2.45) is 0 Å². The lowest BCUT2D eigenvalue weighted by Gasteiger charge is -2.27. The van der Waals surface area contributed by atoms with Gasteiger partial charge >= 0.3 is 0 Å². The smallest absolute Gasteiger partial charge is 0.259 e. The van der Waals surface area contributed by atoms with Gasteiger partial charge in [-0.05, 0) is 24.3 Å². The second-order valence-electron chi connectivity index (χ2n) is 5.75. The second-order valence-corrected chi connectivity index (χ2v) is 5.75. The summed E-state index contributed by atoms with van der Waals surface area (Å²) in [5.41, 5.74) is 1.60. The number of nitrogens with zero attached hydrogens (tertiary/aromatic N) is 3. The lowest BCUT2D eigenvalue weighted by Crippen LogP contribution is -2.37. The molecule has 0 atom stereocenters. The molecule has 1 saturated heterocycles. The highest BCUT2D eigenvalue weighted by Gasteiger charge is 2.19. The van der Waals surface area contributed by atoms with Crippen molar-refractivity contribution in [3.8, 4) is 5.75 Å². The minimum Gasteiger partial charge on any atom is -0.497 e. The van der Waals surface area contributed by atoms with Crippen molar-refractivity contribution in [2.75, 3.05) is 50.7 Å². The number of hydrogen-bond donors (Lipinski definition) is 1. The Hall–Kier alpha value is -2.71. The van der Waals surface area contributed by atoms with Gasteiger partial charge in [0.2, 0.25) is 5.95 Å². The number of morpholine rings is 1. The quantitative estimate of drug-likeness (QED) is 0.841. The number of benzene rings is 1. The zero-order valence-electron chi connectivity index (χ0n) is 14.9. The molecule has 26 heavy (non-hydrogen) atoms. The van der Waals surface area contributed by atoms with Crippen molar-refractivity contribution < 1.29 is 19.0 Å². The van der Waals surface area contributed by atoms with E-state index >= 15 is 0 Å². The number of rotatable bonds is 6. The third-order valence-electron chi connectivity index (χ3n) is 4.02. The summed E-state index contributed by atoms with van der Waals surface area (Å²) in [5, 5.41) is 2.84. The Balaban J connectivity index is 1.79. The molecule has 138 valence electrons. The molecule has 2 heterocycles. The summed E-state index contributed by atoms with van der Waals surface area (Å²) in [4.78, 5) is 23.6. The third-order valence-corrected chi connectivity index (χ3v) is 4.02. The average molecular weight is 358 g/mol. The van der Waals surface area contributed by atoms with Crippen LogP contribution in [0.25, 0.3) is 0 Å². The van der Waals surface area contributed by atoms with E-state index in [0.29, 0.717) is 36.1 Å². The molecule has 0 radical (unpaired) electrons. The largest absolute Gasteiger partial charge is 0.497 e. The van der Waals surface area contributed by atoms with E-state index in [1.165, 1.54) is 0 Å². The molecule has 1 aromatic heterocycles. The Labute approximate surface area is 152 Å². The summed E-state index contributed by atoms with van der Waals surface area (Å²) >= 11 is 0. The molecule has 0 unspecified atom stereocenters. The van der Waals surface area contributed by atoms with Crippen LogP contribution in [0.5, 0.6) is 5.75 Å². The summed E-state index contributed by atoms with van der Waals surface area (Å²) in [6.45, 7) is 2.96. The Morgan fingerprint density at radius 1 is 1.23 bits per heavy atom. The molecular formula is C18H22N4O4. The van der Waals surface area contributed by atoms with Gasteiger partial charge in [-0.1, -0.05) is 0 Å². The van der Waals surface area contributed by atoms with Crippen molar-refractivity contribution in [2.45, 2.75) is 6.61 Å². The van der Waals surface area contributed by atoms with Crippen molar-refractivity contribution in [1.82, 2.24) is 9.97 Å². The van der Waals surface area contributed by atoms with Crippen LogP contribution in [0.4, 0.5) is 11.6 Å². The zero-order valence-corrected chi connectivity index (χ0v) is 14.9. The third kappa shape index (κ3) is 4.27. The molecule has 0 aliphatic carbocycles. The molecule has 3 rings (SSSR count). The molecule has 8 heteroatoms. The van der Waals surface area contributed by atoms with Crippen molar-refractivity contribution in [1.29, 1.82) is 0 Å². The van der Waals surface area contributed by atoms with Gasteiger partial charge in [0.25, 0.3) is 5.91 Å². The Bertz CT molecular complexity index is 745. The van der Waals surface area contributed by atoms with E-state index in [1.54, 1.807) is 44.7 Å². The van der Waals surface area contributed by atoms with Crippen molar-refractivity contribution >= 4 is 17.5 Å². The number of carbonyl (C=O) groups excluding carboxylic acids is 1. The molecule has 2 aromatic rings. The predicted molar refractivity (Wildman–Crippen MR) is 96.7 cm³/mol. The van der Waals surface area contributed by atoms with E-state index < -0.39 is 0 Å². The number of nitrogens with one attached hydrogen (secondary N) is 1. The van der Waals surface area contributed by atoms with Crippen LogP contribution in [0.3, 0.4) is 0 Å². The first-order valence-electron chi connectivity index (χ1n) is 8.34. The lowest BCUT2D eigenvalue weighted by atomic mass is 10.2. The highest BCUT2D eigenvalue weighted by atomic mass is 16.5. The van der Waals surface area contributed by atoms with Crippen LogP contribution in [-0.4, -0.2) is 56.4 Å². The first kappa shape index (κ1) is 18.1. The summed E-state index contributed by atoms with van der Waals surface area (Å²) in [7, 11) is 3.17. The maximum Gasteiger partial charge on any atom is 0.259 e. The van der Waals surface area contributed by atoms with Gasteiger partial charge in [0.15, 0.2) is 0 Å². The summed E-state index contributed by atoms with van der Waals surface area (Å²) < 4.78 is 15.7. The van der Waals surface area contributed by atoms with Gasteiger partial charge in [-0.3, -0.25) is 4.79 Å². The monoisotopic (exact) mass is 358 g/mol. The van der Waals surface area contributed by atoms with Gasteiger partial charge in [0.05, 0.1) is 38.2 Å². The molecular weight excluding hydrogens is 336 g/mol. The topological polar surface area (TPSA) is 85.8 Å². The van der Waals surface area contributed by atoms with Gasteiger partial charge in [-0.15, -0.1) is 0 Å². The van der Waals surface area contributed by atoms with E-state index in [9.17, 15) is 4.79 Å². The zero-order chi connectivity index (χ0) is 18.4. The SMILES string of the molecule is COCc1nc(N2CCOCC2)ncc1C(=O)Nc1ccc(OC)cc1. The van der Waals surface area contributed by atoms with Crippen LogP contribution in [0.15, 0.2) is 30.5 Å². The molecule has 1 aromatic carbocycles. The number of ether oxygens (including phenoxy) is 3. The van der Waals surface area contributed by atoms with Gasteiger partial charge in [0.1, 0.15) is 5.75 Å². The van der Waals surface area contributed by atoms with Gasteiger partial charge in [-0.2, -0.15) is 0 Å². The minimum atomic E-state index is -0.282. The highest BCUT2D eigenvalue weighted by Crippen LogP contribution is 2.18. The minimum absolute atomic E-state index is 0.227. The van der Waals surface area contributed by atoms with E-state index in [4.69, 9.17) is 14.2 Å². The number of carbonyl (C=O) groups is 1. The first-order chi connectivity index (χ1) is 12.7. The van der Waals surface area contributed by atoms with E-state index in [1.807, 2.05) is 4.90 Å². The highest BCUT2D eigenvalue weighted by molar-refractivity contribution is 6.04. The Morgan fingerprint density at radius 2 is 1.96 bits per heavy atom. The van der Waals surface area contributed by atoms with E-state index in [0.717, 1.165) is 18.8 Å². The van der Waals surface area contributed by atoms with Crippen molar-refractivity contribution in [3.63, 3.8) is 0 Å². The predicted octanol–water partition coefficient (Wildman–Crippen LogP) is 1.72. The fourth-order valence-electron chi connectivity index (χ4n) is 2.63. The lowest BCUT2D eigenvalue weighted by molar-refractivity contribution is 0.102. The summed E-state index contributed by atoms with van der Waals surface area (Å²) in [6.07, 6.45) is 1.55. The van der Waals surface area contributed by atoms with Crippen LogP contribution < -0.4 is 15.0 Å². The summed E-state index contributed by atoms with van der Waals surface area (Å²) in [6, 6.07) is 7.11. The Morgan fingerprint density at radius 3 is 2.62 bits per heavy atom. The molecule has 1 fully saturated rings. The normalized spacial score (nSPS) is 14.2. The van der Waals surface area contributed by atoms with Crippen LogP contribution in [0, 0.1) is 0 Å². The maximum absolute atomic E-state index is 12.6. The molecule has 1 N–H and O–H groups in total. The van der Waals surface area contributed by atoms with Crippen LogP contribution >= 0.6 is 0 Å². The van der Waals surface area contributed by atoms with Crippen molar-refractivity contribution in [3.05, 3.63) is 41.7 Å². The van der Waals surface area contributed by atoms with Gasteiger partial charge in [0, 0.05) is 32.1 Å². The fourth-order valence-corrected chi connectivity index (χ4v) is 2.63. The molecule has 8 nitrogen and oxygen atoms in total. The molecule has 1 amide bonds. The number of anilines is 2. The maximum atomic E-state index is 12.6. The molecule has 0 spiro atoms. The van der Waals surface area contributed by atoms with Gasteiger partial charge < -0.3 is 24.4 Å². The second kappa shape index (κ2) is 8.59. The first-order valence-corrected chi connectivity index (χ1v) is 8.34. The van der Waals surface area contributed by atoms with Gasteiger partial charge in [-0.25, -0.2) is 9.97 Å². The van der Waals surface area contributed by atoms with Crippen LogP contribution in [-0.2, 0) is 16.1 Å². The summed E-state index contributed by atoms with van der Waals surface area (Å²) in [5.74, 6) is 1.03. The molecule has 1 aliphatic heterocycles. The van der Waals surface area contributed by atoms with E-state index in [2.05, 4.69) is 15.3 Å². The fraction of sp³-hybridized carbons (Fsp3) is 0.389. The standard InChI is InChI=1S/C18H22N4O4/c1-24-12-16-15(11-19-18(21-16)22-7-9-26-10-8-22)17(23)20-13-3-5-14(25-2)6-4-13/h3-6,11H,7-10,12H2,1-2H3,(H,20,23).